The van der Waals surface area contributed by atoms with Crippen molar-refractivity contribution in [3.63, 3.8) is 0 Å². The molecule has 0 spiro atoms. The van der Waals surface area contributed by atoms with Crippen LogP contribution in [-0.2, 0) is 0 Å². The molecule has 0 amide bonds. The van der Waals surface area contributed by atoms with Crippen molar-refractivity contribution in [1.82, 2.24) is 0 Å². The second kappa shape index (κ2) is 5.11. The molecule has 18 heavy (non-hydrogen) atoms. The minimum Gasteiger partial charge on any atom is -0.493 e. The molecular formula is C14H12N2O2. The molecule has 0 radical (unpaired) electrons. The molecule has 4 nitrogen and oxygen atoms in total. The van der Waals surface area contributed by atoms with Gasteiger partial charge in [-0.1, -0.05) is 12.1 Å². The van der Waals surface area contributed by atoms with Crippen LogP contribution in [0.15, 0.2) is 42.5 Å². The normalized spacial score (nSPS) is 9.56. The Balaban J connectivity index is 2.37. The number of nitriles is 1. The molecule has 0 aliphatic carbocycles. The van der Waals surface area contributed by atoms with Crippen molar-refractivity contribution >= 4 is 5.69 Å². The van der Waals surface area contributed by atoms with Gasteiger partial charge in [0.05, 0.1) is 12.7 Å². The molecule has 0 saturated heterocycles. The fourth-order valence-electron chi connectivity index (χ4n) is 1.55. The molecule has 90 valence electrons. The van der Waals surface area contributed by atoms with Crippen LogP contribution < -0.4 is 15.2 Å². The molecule has 4 heteroatoms. The molecule has 0 heterocycles. The number of nitrogens with zero attached hydrogens (tertiary/aromatic N) is 1. The van der Waals surface area contributed by atoms with E-state index in [2.05, 4.69) is 0 Å². The number of ether oxygens (including phenoxy) is 2. The Morgan fingerprint density at radius 3 is 2.44 bits per heavy atom. The molecule has 2 aromatic carbocycles. The zero-order valence-electron chi connectivity index (χ0n) is 9.88. The van der Waals surface area contributed by atoms with Crippen LogP contribution in [0.3, 0.4) is 0 Å². The van der Waals surface area contributed by atoms with Crippen LogP contribution >= 0.6 is 0 Å². The summed E-state index contributed by atoms with van der Waals surface area (Å²) >= 11 is 0. The van der Waals surface area contributed by atoms with Crippen molar-refractivity contribution in [2.24, 2.45) is 0 Å². The Bertz CT molecular complexity index is 603. The SMILES string of the molecule is COc1ccccc1Oc1ccc(N)cc1C#N. The summed E-state index contributed by atoms with van der Waals surface area (Å²) < 4.78 is 10.9. The molecule has 0 aliphatic rings. The van der Waals surface area contributed by atoms with E-state index in [0.29, 0.717) is 28.5 Å². The van der Waals surface area contributed by atoms with E-state index < -0.39 is 0 Å². The summed E-state index contributed by atoms with van der Waals surface area (Å²) in [6.45, 7) is 0. The molecule has 0 aliphatic heterocycles. The fourth-order valence-corrected chi connectivity index (χ4v) is 1.55. The first-order valence-corrected chi connectivity index (χ1v) is 5.35. The minimum absolute atomic E-state index is 0.390. The highest BCUT2D eigenvalue weighted by Crippen LogP contribution is 2.33. The largest absolute Gasteiger partial charge is 0.493 e. The van der Waals surface area contributed by atoms with Crippen molar-refractivity contribution in [3.05, 3.63) is 48.0 Å². The lowest BCUT2D eigenvalue weighted by molar-refractivity contribution is 0.378. The number of nitrogen functional groups attached to an aromatic ring is 1. The summed E-state index contributed by atoms with van der Waals surface area (Å²) in [7, 11) is 1.57. The Kier molecular flexibility index (Phi) is 3.35. The second-order valence-electron chi connectivity index (χ2n) is 3.62. The summed E-state index contributed by atoms with van der Waals surface area (Å²) in [5, 5.41) is 9.03. The van der Waals surface area contributed by atoms with E-state index in [4.69, 9.17) is 20.5 Å². The molecule has 0 saturated carbocycles. The predicted molar refractivity (Wildman–Crippen MR) is 68.6 cm³/mol. The minimum atomic E-state index is 0.390. The van der Waals surface area contributed by atoms with Gasteiger partial charge in [0, 0.05) is 5.69 Å². The lowest BCUT2D eigenvalue weighted by Crippen LogP contribution is -1.93. The highest BCUT2D eigenvalue weighted by molar-refractivity contribution is 5.55. The van der Waals surface area contributed by atoms with Crippen LogP contribution in [0.5, 0.6) is 17.2 Å². The maximum absolute atomic E-state index is 9.03. The van der Waals surface area contributed by atoms with Crippen LogP contribution in [0.25, 0.3) is 0 Å². The first kappa shape index (κ1) is 11.8. The van der Waals surface area contributed by atoms with Crippen molar-refractivity contribution in [2.75, 3.05) is 12.8 Å². The number of nitrogens with two attached hydrogens (primary N) is 1. The van der Waals surface area contributed by atoms with Gasteiger partial charge in [0.25, 0.3) is 0 Å². The number of rotatable bonds is 3. The van der Waals surface area contributed by atoms with E-state index in [0.717, 1.165) is 0 Å². The first-order valence-electron chi connectivity index (χ1n) is 5.35. The Morgan fingerprint density at radius 2 is 1.78 bits per heavy atom. The fraction of sp³-hybridized carbons (Fsp3) is 0.0714. The Hall–Kier alpha value is -2.67. The molecule has 0 fully saturated rings. The molecule has 0 unspecified atom stereocenters. The topological polar surface area (TPSA) is 68.3 Å². The van der Waals surface area contributed by atoms with Crippen molar-refractivity contribution in [2.45, 2.75) is 0 Å². The third-order valence-electron chi connectivity index (χ3n) is 2.41. The summed E-state index contributed by atoms with van der Waals surface area (Å²) in [6.07, 6.45) is 0. The number of para-hydroxylation sites is 2. The van der Waals surface area contributed by atoms with E-state index in [1.807, 2.05) is 18.2 Å². The van der Waals surface area contributed by atoms with E-state index >= 15 is 0 Å². The Labute approximate surface area is 105 Å². The molecule has 0 bridgehead atoms. The van der Waals surface area contributed by atoms with Crippen molar-refractivity contribution in [3.8, 4) is 23.3 Å². The Morgan fingerprint density at radius 1 is 1.06 bits per heavy atom. The molecular weight excluding hydrogens is 228 g/mol. The van der Waals surface area contributed by atoms with Gasteiger partial charge in [-0.2, -0.15) is 5.26 Å². The molecule has 0 aromatic heterocycles. The number of methoxy groups -OCH3 is 1. The first-order chi connectivity index (χ1) is 8.74. The highest BCUT2D eigenvalue weighted by atomic mass is 16.5. The standard InChI is InChI=1S/C14H12N2O2/c1-17-13-4-2-3-5-14(13)18-12-7-6-11(16)8-10(12)9-15/h2-8H,16H2,1H3. The maximum atomic E-state index is 9.03. The monoisotopic (exact) mass is 240 g/mol. The van der Waals surface area contributed by atoms with Crippen LogP contribution in [-0.4, -0.2) is 7.11 Å². The summed E-state index contributed by atoms with van der Waals surface area (Å²) in [5.41, 5.74) is 6.54. The van der Waals surface area contributed by atoms with Gasteiger partial charge in [0.1, 0.15) is 11.8 Å². The number of hydrogen-bond donors (Lipinski definition) is 1. The lowest BCUT2D eigenvalue weighted by Gasteiger charge is -2.11. The van der Waals surface area contributed by atoms with Gasteiger partial charge in [0.15, 0.2) is 11.5 Å². The number of benzene rings is 2. The van der Waals surface area contributed by atoms with Gasteiger partial charge in [-0.05, 0) is 30.3 Å². The van der Waals surface area contributed by atoms with Gasteiger partial charge in [-0.3, -0.25) is 0 Å². The van der Waals surface area contributed by atoms with Gasteiger partial charge >= 0.3 is 0 Å². The average molecular weight is 240 g/mol. The zero-order chi connectivity index (χ0) is 13.0. The van der Waals surface area contributed by atoms with E-state index in [1.54, 1.807) is 37.4 Å². The van der Waals surface area contributed by atoms with Gasteiger partial charge in [-0.25, -0.2) is 0 Å². The van der Waals surface area contributed by atoms with E-state index in [-0.39, 0.29) is 0 Å². The lowest BCUT2D eigenvalue weighted by atomic mass is 10.2. The van der Waals surface area contributed by atoms with Gasteiger partial charge in [-0.15, -0.1) is 0 Å². The van der Waals surface area contributed by atoms with Crippen LogP contribution in [0.2, 0.25) is 0 Å². The van der Waals surface area contributed by atoms with Crippen molar-refractivity contribution < 1.29 is 9.47 Å². The molecule has 0 atom stereocenters. The van der Waals surface area contributed by atoms with Crippen molar-refractivity contribution in [1.29, 1.82) is 5.26 Å². The molecule has 2 rings (SSSR count). The third kappa shape index (κ3) is 2.36. The van der Waals surface area contributed by atoms with Crippen LogP contribution in [0.4, 0.5) is 5.69 Å². The predicted octanol–water partition coefficient (Wildman–Crippen LogP) is 2.94. The summed E-state index contributed by atoms with van der Waals surface area (Å²) in [6, 6.07) is 14.2. The quantitative estimate of drug-likeness (QED) is 0.837. The van der Waals surface area contributed by atoms with Crippen LogP contribution in [0.1, 0.15) is 5.56 Å². The summed E-state index contributed by atoms with van der Waals surface area (Å²) in [5.74, 6) is 1.62. The highest BCUT2D eigenvalue weighted by Gasteiger charge is 2.08. The van der Waals surface area contributed by atoms with Gasteiger partial charge < -0.3 is 15.2 Å². The third-order valence-corrected chi connectivity index (χ3v) is 2.41. The smallest absolute Gasteiger partial charge is 0.169 e. The molecule has 2 aromatic rings. The number of hydrogen-bond acceptors (Lipinski definition) is 4. The molecule has 2 N–H and O–H groups in total. The maximum Gasteiger partial charge on any atom is 0.169 e. The number of anilines is 1. The van der Waals surface area contributed by atoms with Crippen LogP contribution in [0, 0.1) is 11.3 Å². The second-order valence-corrected chi connectivity index (χ2v) is 3.62. The summed E-state index contributed by atoms with van der Waals surface area (Å²) in [4.78, 5) is 0. The van der Waals surface area contributed by atoms with E-state index in [9.17, 15) is 0 Å². The van der Waals surface area contributed by atoms with Gasteiger partial charge in [0.2, 0.25) is 0 Å². The van der Waals surface area contributed by atoms with E-state index in [1.165, 1.54) is 0 Å². The average Bonchev–Trinajstić information content (AvgIpc) is 2.41. The zero-order valence-corrected chi connectivity index (χ0v) is 9.88.